The molecule has 5 aromatic rings. The number of benzene rings is 5. The summed E-state index contributed by atoms with van der Waals surface area (Å²) in [5.41, 5.74) is 2.42. The molecular formula is C27H19ClO2. The van der Waals surface area contributed by atoms with Crippen molar-refractivity contribution in [2.75, 3.05) is 0 Å². The molecule has 0 aromatic heterocycles. The first-order valence-corrected chi connectivity index (χ1v) is 10.2. The van der Waals surface area contributed by atoms with Crippen molar-refractivity contribution in [2.45, 2.75) is 5.92 Å². The van der Waals surface area contributed by atoms with Crippen molar-refractivity contribution in [3.05, 3.63) is 119 Å². The Bertz CT molecular complexity index is 1290. The predicted octanol–water partition coefficient (Wildman–Crippen LogP) is 7.24. The second kappa shape index (κ2) is 7.40. The third-order valence-corrected chi connectivity index (χ3v) is 5.94. The first-order valence-electron chi connectivity index (χ1n) is 9.80. The normalized spacial score (nSPS) is 11.4. The minimum atomic E-state index is -0.350. The summed E-state index contributed by atoms with van der Waals surface area (Å²) >= 11 is 6.13. The second-order valence-electron chi connectivity index (χ2n) is 7.43. The van der Waals surface area contributed by atoms with Crippen molar-refractivity contribution in [3.8, 4) is 11.5 Å². The van der Waals surface area contributed by atoms with Crippen LogP contribution >= 0.6 is 11.6 Å². The van der Waals surface area contributed by atoms with E-state index in [2.05, 4.69) is 0 Å². The van der Waals surface area contributed by atoms with Gasteiger partial charge in [0.25, 0.3) is 0 Å². The van der Waals surface area contributed by atoms with Gasteiger partial charge in [-0.3, -0.25) is 0 Å². The molecule has 0 saturated heterocycles. The summed E-state index contributed by atoms with van der Waals surface area (Å²) in [6.07, 6.45) is 0. The van der Waals surface area contributed by atoms with Gasteiger partial charge in [0.2, 0.25) is 0 Å². The predicted molar refractivity (Wildman–Crippen MR) is 124 cm³/mol. The van der Waals surface area contributed by atoms with Crippen LogP contribution < -0.4 is 0 Å². The Labute approximate surface area is 179 Å². The Morgan fingerprint density at radius 1 is 0.533 bits per heavy atom. The van der Waals surface area contributed by atoms with Crippen LogP contribution in [0.4, 0.5) is 0 Å². The van der Waals surface area contributed by atoms with Crippen LogP contribution in [0.2, 0.25) is 5.02 Å². The second-order valence-corrected chi connectivity index (χ2v) is 7.87. The molecule has 0 heterocycles. The summed E-state index contributed by atoms with van der Waals surface area (Å²) in [5, 5.41) is 26.5. The van der Waals surface area contributed by atoms with E-state index >= 15 is 0 Å². The van der Waals surface area contributed by atoms with Crippen molar-refractivity contribution in [1.82, 2.24) is 0 Å². The molecule has 0 aliphatic heterocycles. The first kappa shape index (κ1) is 18.5. The average Bonchev–Trinajstić information content (AvgIpc) is 2.78. The molecule has 146 valence electrons. The van der Waals surface area contributed by atoms with Gasteiger partial charge in [-0.05, 0) is 28.5 Å². The first-order chi connectivity index (χ1) is 14.6. The minimum absolute atomic E-state index is 0.223. The topological polar surface area (TPSA) is 40.5 Å². The molecule has 0 aliphatic carbocycles. The summed E-state index contributed by atoms with van der Waals surface area (Å²) in [5.74, 6) is 0.0951. The largest absolute Gasteiger partial charge is 0.507 e. The van der Waals surface area contributed by atoms with Gasteiger partial charge in [-0.1, -0.05) is 96.5 Å². The molecule has 30 heavy (non-hydrogen) atoms. The molecule has 0 fully saturated rings. The molecule has 0 saturated carbocycles. The lowest BCUT2D eigenvalue weighted by Gasteiger charge is -2.22. The zero-order valence-electron chi connectivity index (χ0n) is 16.1. The third-order valence-electron chi connectivity index (χ3n) is 5.69. The molecule has 0 amide bonds. The highest BCUT2D eigenvalue weighted by Crippen LogP contribution is 2.44. The SMILES string of the molecule is Oc1c(C(c2ccc(Cl)cc2)c2ccc3ccccc3c2O)ccc2ccccc12. The highest BCUT2D eigenvalue weighted by molar-refractivity contribution is 6.30. The summed E-state index contributed by atoms with van der Waals surface area (Å²) in [6.45, 7) is 0. The van der Waals surface area contributed by atoms with E-state index in [1.54, 1.807) is 0 Å². The average molecular weight is 411 g/mol. The Hall–Kier alpha value is -3.49. The minimum Gasteiger partial charge on any atom is -0.507 e. The molecule has 2 N–H and O–H groups in total. The maximum absolute atomic E-state index is 11.2. The van der Waals surface area contributed by atoms with Crippen LogP contribution in [0.25, 0.3) is 21.5 Å². The molecule has 0 atom stereocenters. The summed E-state index contributed by atoms with van der Waals surface area (Å²) in [7, 11) is 0. The van der Waals surface area contributed by atoms with E-state index < -0.39 is 0 Å². The van der Waals surface area contributed by atoms with Gasteiger partial charge in [0.05, 0.1) is 0 Å². The zero-order chi connectivity index (χ0) is 20.7. The van der Waals surface area contributed by atoms with Crippen molar-refractivity contribution >= 4 is 33.1 Å². The molecule has 3 heteroatoms. The van der Waals surface area contributed by atoms with E-state index in [1.165, 1.54) is 0 Å². The molecule has 2 nitrogen and oxygen atoms in total. The Kier molecular flexibility index (Phi) is 4.57. The van der Waals surface area contributed by atoms with Crippen molar-refractivity contribution in [2.24, 2.45) is 0 Å². The zero-order valence-corrected chi connectivity index (χ0v) is 16.8. The lowest BCUT2D eigenvalue weighted by molar-refractivity contribution is 0.465. The summed E-state index contributed by atoms with van der Waals surface area (Å²) < 4.78 is 0. The number of phenolic OH excluding ortho intramolecular Hbond substituents is 2. The van der Waals surface area contributed by atoms with Crippen molar-refractivity contribution in [1.29, 1.82) is 0 Å². The van der Waals surface area contributed by atoms with Gasteiger partial charge >= 0.3 is 0 Å². The number of hydrogen-bond donors (Lipinski definition) is 2. The van der Waals surface area contributed by atoms with E-state index in [1.807, 2.05) is 97.1 Å². The fraction of sp³-hybridized carbons (Fsp3) is 0.0370. The standard InChI is InChI=1S/C27H19ClO2/c28-20-13-9-19(10-14-20)25(23-15-11-17-5-1-3-7-21(17)26(23)29)24-16-12-18-6-2-4-8-22(18)27(24)30/h1-16,25,29-30H. The van der Waals surface area contributed by atoms with E-state index in [-0.39, 0.29) is 17.4 Å². The van der Waals surface area contributed by atoms with Crippen LogP contribution in [-0.2, 0) is 0 Å². The summed E-state index contributed by atoms with van der Waals surface area (Å²) in [6, 6.07) is 30.9. The van der Waals surface area contributed by atoms with Gasteiger partial charge in [0, 0.05) is 32.8 Å². The maximum Gasteiger partial charge on any atom is 0.127 e. The number of hydrogen-bond acceptors (Lipinski definition) is 2. The van der Waals surface area contributed by atoms with E-state index in [4.69, 9.17) is 11.6 Å². The van der Waals surface area contributed by atoms with Gasteiger partial charge in [-0.15, -0.1) is 0 Å². The maximum atomic E-state index is 11.2. The Morgan fingerprint density at radius 2 is 1.00 bits per heavy atom. The number of fused-ring (bicyclic) bond motifs is 2. The van der Waals surface area contributed by atoms with Crippen LogP contribution in [0.15, 0.2) is 97.1 Å². The number of rotatable bonds is 3. The quantitative estimate of drug-likeness (QED) is 0.308. The monoisotopic (exact) mass is 410 g/mol. The Balaban J connectivity index is 1.80. The number of halogens is 1. The van der Waals surface area contributed by atoms with E-state index in [0.29, 0.717) is 5.02 Å². The molecule has 5 aromatic carbocycles. The van der Waals surface area contributed by atoms with Crippen LogP contribution in [0.3, 0.4) is 0 Å². The fourth-order valence-electron chi connectivity index (χ4n) is 4.19. The molecule has 0 aliphatic rings. The number of aromatic hydroxyl groups is 2. The van der Waals surface area contributed by atoms with Gasteiger partial charge in [-0.25, -0.2) is 0 Å². The highest BCUT2D eigenvalue weighted by Gasteiger charge is 2.24. The molecule has 5 rings (SSSR count). The molecule has 0 radical (unpaired) electrons. The molecule has 0 bridgehead atoms. The van der Waals surface area contributed by atoms with Gasteiger partial charge in [0.1, 0.15) is 11.5 Å². The van der Waals surface area contributed by atoms with Crippen molar-refractivity contribution < 1.29 is 10.2 Å². The molecular weight excluding hydrogens is 392 g/mol. The van der Waals surface area contributed by atoms with Crippen LogP contribution in [0, 0.1) is 0 Å². The third kappa shape index (κ3) is 3.06. The van der Waals surface area contributed by atoms with Gasteiger partial charge in [0.15, 0.2) is 0 Å². The molecule has 0 spiro atoms. The van der Waals surface area contributed by atoms with Crippen LogP contribution in [0.5, 0.6) is 11.5 Å². The van der Waals surface area contributed by atoms with Gasteiger partial charge in [-0.2, -0.15) is 0 Å². The van der Waals surface area contributed by atoms with Crippen molar-refractivity contribution in [3.63, 3.8) is 0 Å². The smallest absolute Gasteiger partial charge is 0.127 e. The fourth-order valence-corrected chi connectivity index (χ4v) is 4.32. The summed E-state index contributed by atoms with van der Waals surface area (Å²) in [4.78, 5) is 0. The number of phenols is 2. The Morgan fingerprint density at radius 3 is 1.50 bits per heavy atom. The van der Waals surface area contributed by atoms with Crippen LogP contribution in [-0.4, -0.2) is 10.2 Å². The van der Waals surface area contributed by atoms with Gasteiger partial charge < -0.3 is 10.2 Å². The van der Waals surface area contributed by atoms with Crippen LogP contribution in [0.1, 0.15) is 22.6 Å². The lowest BCUT2D eigenvalue weighted by Crippen LogP contribution is -2.05. The molecule has 0 unspecified atom stereocenters. The highest BCUT2D eigenvalue weighted by atomic mass is 35.5. The van der Waals surface area contributed by atoms with E-state index in [0.717, 1.165) is 38.2 Å². The van der Waals surface area contributed by atoms with E-state index in [9.17, 15) is 10.2 Å². The lowest BCUT2D eigenvalue weighted by atomic mass is 9.82.